The number of ether oxygens (including phenoxy) is 1. The van der Waals surface area contributed by atoms with Crippen LogP contribution in [0.5, 0.6) is 0 Å². The van der Waals surface area contributed by atoms with Gasteiger partial charge in [0.05, 0.1) is 6.61 Å². The van der Waals surface area contributed by atoms with E-state index in [1.54, 1.807) is 31.1 Å². The Labute approximate surface area is 113 Å². The van der Waals surface area contributed by atoms with E-state index >= 15 is 0 Å². The fourth-order valence-corrected chi connectivity index (χ4v) is 1.83. The van der Waals surface area contributed by atoms with Crippen LogP contribution in [0.3, 0.4) is 0 Å². The lowest BCUT2D eigenvalue weighted by Crippen LogP contribution is -2.39. The third-order valence-corrected chi connectivity index (χ3v) is 2.72. The third-order valence-electron chi connectivity index (χ3n) is 2.72. The molecule has 1 aromatic rings. The number of aromatic amines is 1. The number of hydrogen-bond acceptors (Lipinski definition) is 3. The van der Waals surface area contributed by atoms with Crippen LogP contribution in [0.4, 0.5) is 0 Å². The van der Waals surface area contributed by atoms with Crippen LogP contribution >= 0.6 is 0 Å². The monoisotopic (exact) mass is 266 g/mol. The molecule has 5 nitrogen and oxygen atoms in total. The molecule has 0 saturated heterocycles. The summed E-state index contributed by atoms with van der Waals surface area (Å²) >= 11 is 0. The first kappa shape index (κ1) is 15.4. The molecule has 1 heterocycles. The van der Waals surface area contributed by atoms with E-state index in [-0.39, 0.29) is 17.0 Å². The topological polar surface area (TPSA) is 62.4 Å². The van der Waals surface area contributed by atoms with Crippen LogP contribution in [0, 0.1) is 12.8 Å². The summed E-state index contributed by atoms with van der Waals surface area (Å²) in [7, 11) is 1.59. The zero-order valence-electron chi connectivity index (χ0n) is 12.0. The van der Waals surface area contributed by atoms with Crippen molar-refractivity contribution in [3.8, 4) is 0 Å². The number of hydrogen-bond donors (Lipinski definition) is 1. The molecule has 1 rings (SSSR count). The number of carbonyl (C=O) groups is 1. The lowest BCUT2D eigenvalue weighted by Gasteiger charge is -2.24. The quantitative estimate of drug-likeness (QED) is 0.847. The molecule has 0 bridgehead atoms. The van der Waals surface area contributed by atoms with E-state index in [9.17, 15) is 9.59 Å². The van der Waals surface area contributed by atoms with Crippen molar-refractivity contribution >= 4 is 5.91 Å². The van der Waals surface area contributed by atoms with Crippen LogP contribution in [0.15, 0.2) is 16.9 Å². The van der Waals surface area contributed by atoms with E-state index in [0.717, 1.165) is 5.69 Å². The van der Waals surface area contributed by atoms with Gasteiger partial charge in [-0.15, -0.1) is 0 Å². The Morgan fingerprint density at radius 3 is 2.63 bits per heavy atom. The number of aryl methyl sites for hydroxylation is 1. The SMILES string of the molecule is COCCN(CC(C)C)C(=O)c1ccc(C)[nH]c1=O. The standard InChI is InChI=1S/C14H22N2O3/c1-10(2)9-16(7-8-19-4)14(18)12-6-5-11(3)15-13(12)17/h5-6,10H,7-9H2,1-4H3,(H,15,17). The van der Waals surface area contributed by atoms with Gasteiger partial charge in [-0.3, -0.25) is 9.59 Å². The summed E-state index contributed by atoms with van der Waals surface area (Å²) in [6, 6.07) is 3.31. The first-order valence-corrected chi connectivity index (χ1v) is 6.43. The number of pyridine rings is 1. The fourth-order valence-electron chi connectivity index (χ4n) is 1.83. The third kappa shape index (κ3) is 4.52. The Bertz CT molecular complexity index is 480. The van der Waals surface area contributed by atoms with Crippen LogP contribution in [-0.4, -0.2) is 42.6 Å². The van der Waals surface area contributed by atoms with Crippen molar-refractivity contribution in [2.45, 2.75) is 20.8 Å². The van der Waals surface area contributed by atoms with Crippen molar-refractivity contribution in [3.05, 3.63) is 33.7 Å². The molecule has 0 aliphatic rings. The highest BCUT2D eigenvalue weighted by atomic mass is 16.5. The van der Waals surface area contributed by atoms with Crippen LogP contribution in [0.2, 0.25) is 0 Å². The van der Waals surface area contributed by atoms with Gasteiger partial charge in [0.1, 0.15) is 5.56 Å². The molecule has 0 aliphatic carbocycles. The van der Waals surface area contributed by atoms with Gasteiger partial charge in [-0.2, -0.15) is 0 Å². The van der Waals surface area contributed by atoms with Gasteiger partial charge in [-0.1, -0.05) is 13.8 Å². The minimum Gasteiger partial charge on any atom is -0.383 e. The van der Waals surface area contributed by atoms with Crippen LogP contribution in [-0.2, 0) is 4.74 Å². The predicted octanol–water partition coefficient (Wildman–Crippen LogP) is 1.43. The first-order valence-electron chi connectivity index (χ1n) is 6.43. The van der Waals surface area contributed by atoms with Gasteiger partial charge in [0.25, 0.3) is 11.5 Å². The molecule has 5 heteroatoms. The minimum absolute atomic E-state index is 0.183. The van der Waals surface area contributed by atoms with E-state index < -0.39 is 0 Å². The molecule has 0 aromatic carbocycles. The average molecular weight is 266 g/mol. The number of nitrogens with zero attached hydrogens (tertiary/aromatic N) is 1. The molecular weight excluding hydrogens is 244 g/mol. The first-order chi connectivity index (χ1) is 8.95. The Morgan fingerprint density at radius 1 is 1.42 bits per heavy atom. The number of carbonyl (C=O) groups excluding carboxylic acids is 1. The number of amides is 1. The second kappa shape index (κ2) is 7.09. The smallest absolute Gasteiger partial charge is 0.260 e. The maximum absolute atomic E-state index is 12.4. The fraction of sp³-hybridized carbons (Fsp3) is 0.571. The molecule has 0 atom stereocenters. The summed E-state index contributed by atoms with van der Waals surface area (Å²) in [5.41, 5.74) is 0.590. The summed E-state index contributed by atoms with van der Waals surface area (Å²) in [4.78, 5) is 28.5. The highest BCUT2D eigenvalue weighted by Gasteiger charge is 2.19. The molecule has 0 aliphatic heterocycles. The molecule has 0 radical (unpaired) electrons. The Kier molecular flexibility index (Phi) is 5.76. The number of aromatic nitrogens is 1. The van der Waals surface area contributed by atoms with Gasteiger partial charge in [0.2, 0.25) is 0 Å². The maximum Gasteiger partial charge on any atom is 0.260 e. The van der Waals surface area contributed by atoms with E-state index in [1.807, 2.05) is 13.8 Å². The molecule has 1 aromatic heterocycles. The molecule has 0 saturated carbocycles. The van der Waals surface area contributed by atoms with Gasteiger partial charge in [-0.25, -0.2) is 0 Å². The molecule has 106 valence electrons. The van der Waals surface area contributed by atoms with Gasteiger partial charge in [0, 0.05) is 25.9 Å². The van der Waals surface area contributed by atoms with Crippen LogP contribution in [0.25, 0.3) is 0 Å². The van der Waals surface area contributed by atoms with Crippen molar-refractivity contribution in [2.75, 3.05) is 26.8 Å². The van der Waals surface area contributed by atoms with Gasteiger partial charge in [0.15, 0.2) is 0 Å². The summed E-state index contributed by atoms with van der Waals surface area (Å²) in [5.74, 6) is 0.0948. The largest absolute Gasteiger partial charge is 0.383 e. The van der Waals surface area contributed by atoms with Gasteiger partial charge >= 0.3 is 0 Å². The second-order valence-electron chi connectivity index (χ2n) is 5.02. The molecule has 0 unspecified atom stereocenters. The number of H-pyrrole nitrogens is 1. The van der Waals surface area contributed by atoms with Gasteiger partial charge in [-0.05, 0) is 25.0 Å². The lowest BCUT2D eigenvalue weighted by atomic mass is 10.1. The molecule has 1 N–H and O–H groups in total. The highest BCUT2D eigenvalue weighted by Crippen LogP contribution is 2.05. The van der Waals surface area contributed by atoms with Crippen LogP contribution < -0.4 is 5.56 Å². The van der Waals surface area contributed by atoms with Gasteiger partial charge < -0.3 is 14.6 Å². The van der Waals surface area contributed by atoms with Crippen molar-refractivity contribution in [1.29, 1.82) is 0 Å². The Morgan fingerprint density at radius 2 is 2.11 bits per heavy atom. The molecule has 1 amide bonds. The molecule has 19 heavy (non-hydrogen) atoms. The van der Waals surface area contributed by atoms with Crippen molar-refractivity contribution < 1.29 is 9.53 Å². The normalized spacial score (nSPS) is 10.8. The Hall–Kier alpha value is -1.62. The molecule has 0 fully saturated rings. The maximum atomic E-state index is 12.4. The zero-order chi connectivity index (χ0) is 14.4. The minimum atomic E-state index is -0.337. The lowest BCUT2D eigenvalue weighted by molar-refractivity contribution is 0.0670. The van der Waals surface area contributed by atoms with Crippen molar-refractivity contribution in [3.63, 3.8) is 0 Å². The van der Waals surface area contributed by atoms with E-state index in [4.69, 9.17) is 4.74 Å². The number of rotatable bonds is 6. The van der Waals surface area contributed by atoms with E-state index in [0.29, 0.717) is 25.6 Å². The number of methoxy groups -OCH3 is 1. The van der Waals surface area contributed by atoms with E-state index in [2.05, 4.69) is 4.98 Å². The second-order valence-corrected chi connectivity index (χ2v) is 5.02. The number of nitrogens with one attached hydrogen (secondary N) is 1. The highest BCUT2D eigenvalue weighted by molar-refractivity contribution is 5.93. The van der Waals surface area contributed by atoms with Crippen molar-refractivity contribution in [2.24, 2.45) is 5.92 Å². The summed E-state index contributed by atoms with van der Waals surface area (Å²) in [6.07, 6.45) is 0. The zero-order valence-corrected chi connectivity index (χ0v) is 12.0. The van der Waals surface area contributed by atoms with Crippen molar-refractivity contribution in [1.82, 2.24) is 9.88 Å². The molecule has 0 spiro atoms. The van der Waals surface area contributed by atoms with E-state index in [1.165, 1.54) is 0 Å². The summed E-state index contributed by atoms with van der Waals surface area (Å²) in [6.45, 7) is 7.41. The van der Waals surface area contributed by atoms with Crippen LogP contribution in [0.1, 0.15) is 29.9 Å². The average Bonchev–Trinajstić information content (AvgIpc) is 2.33. The Balaban J connectivity index is 2.94. The summed E-state index contributed by atoms with van der Waals surface area (Å²) in [5, 5.41) is 0. The predicted molar refractivity (Wildman–Crippen MR) is 74.4 cm³/mol. The molecular formula is C14H22N2O3. The summed E-state index contributed by atoms with van der Waals surface area (Å²) < 4.78 is 5.01.